The summed E-state index contributed by atoms with van der Waals surface area (Å²) in [7, 11) is 1.54. The van der Waals surface area contributed by atoms with Crippen molar-refractivity contribution in [2.24, 2.45) is 0 Å². The maximum atomic E-state index is 12.6. The lowest BCUT2D eigenvalue weighted by atomic mass is 10.2. The van der Waals surface area contributed by atoms with Gasteiger partial charge in [-0.2, -0.15) is 5.26 Å². The summed E-state index contributed by atoms with van der Waals surface area (Å²) in [6.45, 7) is 0.624. The van der Waals surface area contributed by atoms with Crippen LogP contribution in [-0.2, 0) is 11.3 Å². The van der Waals surface area contributed by atoms with Crippen LogP contribution in [0.3, 0.4) is 0 Å². The summed E-state index contributed by atoms with van der Waals surface area (Å²) in [5.41, 5.74) is 0.839. The van der Waals surface area contributed by atoms with E-state index >= 15 is 0 Å². The van der Waals surface area contributed by atoms with E-state index in [0.717, 1.165) is 18.4 Å². The van der Waals surface area contributed by atoms with Gasteiger partial charge >= 0.3 is 0 Å². The zero-order chi connectivity index (χ0) is 18.4. The number of hydrogen-bond acceptors (Lipinski definition) is 5. The molecule has 6 heteroatoms. The highest BCUT2D eigenvalue weighted by atomic mass is 32.1. The van der Waals surface area contributed by atoms with Gasteiger partial charge in [0.05, 0.1) is 13.7 Å². The minimum Gasteiger partial charge on any atom is -0.493 e. The van der Waals surface area contributed by atoms with Gasteiger partial charge in [0.15, 0.2) is 18.1 Å². The Morgan fingerprint density at radius 1 is 1.38 bits per heavy atom. The summed E-state index contributed by atoms with van der Waals surface area (Å²) in [5.74, 6) is 1.06. The van der Waals surface area contributed by atoms with E-state index in [1.165, 1.54) is 4.88 Å². The van der Waals surface area contributed by atoms with Crippen LogP contribution >= 0.6 is 11.3 Å². The topological polar surface area (TPSA) is 62.6 Å². The molecule has 1 aliphatic rings. The Bertz CT molecular complexity index is 820. The molecule has 1 heterocycles. The van der Waals surface area contributed by atoms with Gasteiger partial charge in [0, 0.05) is 17.0 Å². The number of carbonyl (C=O) groups excluding carboxylic acids is 1. The third-order valence-electron chi connectivity index (χ3n) is 4.08. The average molecular weight is 368 g/mol. The monoisotopic (exact) mass is 368 g/mol. The van der Waals surface area contributed by atoms with Crippen LogP contribution in [0.1, 0.15) is 23.3 Å². The zero-order valence-electron chi connectivity index (χ0n) is 14.6. The van der Waals surface area contributed by atoms with Gasteiger partial charge in [-0.1, -0.05) is 12.1 Å². The molecule has 3 rings (SSSR count). The second-order valence-electron chi connectivity index (χ2n) is 5.97. The quantitative estimate of drug-likeness (QED) is 0.664. The predicted octanol–water partition coefficient (Wildman–Crippen LogP) is 3.86. The van der Waals surface area contributed by atoms with Crippen molar-refractivity contribution >= 4 is 23.3 Å². The van der Waals surface area contributed by atoms with Gasteiger partial charge in [0.25, 0.3) is 0 Å². The first-order valence-electron chi connectivity index (χ1n) is 8.40. The lowest BCUT2D eigenvalue weighted by Crippen LogP contribution is -2.30. The number of thiophene rings is 1. The molecule has 1 amide bonds. The molecule has 0 saturated heterocycles. The summed E-state index contributed by atoms with van der Waals surface area (Å²) >= 11 is 1.67. The van der Waals surface area contributed by atoms with Crippen molar-refractivity contribution in [3.05, 3.63) is 52.2 Å². The van der Waals surface area contributed by atoms with Gasteiger partial charge in [-0.15, -0.1) is 11.3 Å². The maximum Gasteiger partial charge on any atom is 0.247 e. The lowest BCUT2D eigenvalue weighted by molar-refractivity contribution is -0.127. The van der Waals surface area contributed by atoms with Crippen LogP contribution < -0.4 is 9.47 Å². The van der Waals surface area contributed by atoms with E-state index in [4.69, 9.17) is 14.7 Å². The van der Waals surface area contributed by atoms with Crippen LogP contribution in [0, 0.1) is 11.3 Å². The first-order valence-corrected chi connectivity index (χ1v) is 9.28. The van der Waals surface area contributed by atoms with Gasteiger partial charge in [-0.25, -0.2) is 0 Å². The fraction of sp³-hybridized carbons (Fsp3) is 0.300. The number of hydrogen-bond donors (Lipinski definition) is 0. The molecule has 1 aromatic carbocycles. The van der Waals surface area contributed by atoms with Gasteiger partial charge in [-0.05, 0) is 48.1 Å². The largest absolute Gasteiger partial charge is 0.493 e. The van der Waals surface area contributed by atoms with E-state index in [1.807, 2.05) is 28.5 Å². The Kier molecular flexibility index (Phi) is 5.92. The standard InChI is InChI=1S/C20H20N2O3S/c1-24-19-13-15(4-8-18(19)25-11-10-21)5-9-20(23)22(16-6-7-16)14-17-3-2-12-26-17/h2-5,8-9,12-13,16H,6-7,11,14H2,1H3/b9-5+. The molecular formula is C20H20N2O3S. The third kappa shape index (κ3) is 4.64. The first kappa shape index (κ1) is 18.0. The van der Waals surface area contributed by atoms with Crippen LogP contribution in [0.5, 0.6) is 11.5 Å². The Balaban J connectivity index is 1.69. The van der Waals surface area contributed by atoms with E-state index in [9.17, 15) is 4.79 Å². The molecule has 2 aromatic rings. The van der Waals surface area contributed by atoms with Crippen molar-refractivity contribution in [2.75, 3.05) is 13.7 Å². The number of ether oxygens (including phenoxy) is 2. The Hall–Kier alpha value is -2.78. The highest BCUT2D eigenvalue weighted by molar-refractivity contribution is 7.09. The van der Waals surface area contributed by atoms with Crippen LogP contribution in [-0.4, -0.2) is 30.6 Å². The van der Waals surface area contributed by atoms with Crippen LogP contribution in [0.4, 0.5) is 0 Å². The smallest absolute Gasteiger partial charge is 0.247 e. The van der Waals surface area contributed by atoms with Crippen molar-refractivity contribution in [3.8, 4) is 17.6 Å². The molecule has 134 valence electrons. The van der Waals surface area contributed by atoms with E-state index in [1.54, 1.807) is 42.7 Å². The number of rotatable bonds is 8. The van der Waals surface area contributed by atoms with E-state index < -0.39 is 0 Å². The summed E-state index contributed by atoms with van der Waals surface area (Å²) in [4.78, 5) is 15.8. The minimum absolute atomic E-state index is 0.0182. The molecule has 0 bridgehead atoms. The molecule has 0 N–H and O–H groups in total. The molecule has 0 aliphatic heterocycles. The molecule has 1 fully saturated rings. The normalized spacial score (nSPS) is 13.4. The van der Waals surface area contributed by atoms with Crippen molar-refractivity contribution < 1.29 is 14.3 Å². The molecule has 1 saturated carbocycles. The molecule has 0 atom stereocenters. The van der Waals surface area contributed by atoms with Crippen molar-refractivity contribution in [1.29, 1.82) is 5.26 Å². The SMILES string of the molecule is COc1cc(/C=C/C(=O)N(Cc2cccs2)C2CC2)ccc1OCC#N. The zero-order valence-corrected chi connectivity index (χ0v) is 15.4. The fourth-order valence-electron chi connectivity index (χ4n) is 2.62. The molecular weight excluding hydrogens is 348 g/mol. The number of nitriles is 1. The lowest BCUT2D eigenvalue weighted by Gasteiger charge is -2.20. The van der Waals surface area contributed by atoms with Crippen molar-refractivity contribution in [3.63, 3.8) is 0 Å². The summed E-state index contributed by atoms with van der Waals surface area (Å²) in [5, 5.41) is 10.6. The van der Waals surface area contributed by atoms with Crippen LogP contribution in [0.2, 0.25) is 0 Å². The molecule has 0 unspecified atom stereocenters. The number of amides is 1. The van der Waals surface area contributed by atoms with Crippen molar-refractivity contribution in [2.45, 2.75) is 25.4 Å². The van der Waals surface area contributed by atoms with E-state index in [2.05, 4.69) is 6.07 Å². The molecule has 0 radical (unpaired) electrons. The fourth-order valence-corrected chi connectivity index (χ4v) is 3.33. The molecule has 1 aromatic heterocycles. The summed E-state index contributed by atoms with van der Waals surface area (Å²) in [6, 6.07) is 11.7. The highest BCUT2D eigenvalue weighted by Gasteiger charge is 2.31. The second-order valence-corrected chi connectivity index (χ2v) is 7.00. The third-order valence-corrected chi connectivity index (χ3v) is 4.94. The first-order chi connectivity index (χ1) is 12.7. The van der Waals surface area contributed by atoms with Gasteiger partial charge in [0.2, 0.25) is 5.91 Å². The second kappa shape index (κ2) is 8.54. The van der Waals surface area contributed by atoms with E-state index in [0.29, 0.717) is 24.1 Å². The number of carbonyl (C=O) groups is 1. The van der Waals surface area contributed by atoms with Gasteiger partial charge in [0.1, 0.15) is 6.07 Å². The number of nitrogens with zero attached hydrogens (tertiary/aromatic N) is 2. The number of methoxy groups -OCH3 is 1. The van der Waals surface area contributed by atoms with Gasteiger partial charge < -0.3 is 14.4 Å². The predicted molar refractivity (Wildman–Crippen MR) is 101 cm³/mol. The Morgan fingerprint density at radius 2 is 2.23 bits per heavy atom. The molecule has 26 heavy (non-hydrogen) atoms. The number of benzene rings is 1. The van der Waals surface area contributed by atoms with Crippen molar-refractivity contribution in [1.82, 2.24) is 4.90 Å². The molecule has 5 nitrogen and oxygen atoms in total. The highest BCUT2D eigenvalue weighted by Crippen LogP contribution is 2.30. The summed E-state index contributed by atoms with van der Waals surface area (Å²) < 4.78 is 10.6. The molecule has 1 aliphatic carbocycles. The van der Waals surface area contributed by atoms with Crippen LogP contribution in [0.15, 0.2) is 41.8 Å². The Morgan fingerprint density at radius 3 is 2.88 bits per heavy atom. The van der Waals surface area contributed by atoms with Crippen LogP contribution in [0.25, 0.3) is 6.08 Å². The maximum absolute atomic E-state index is 12.6. The minimum atomic E-state index is -0.0386. The average Bonchev–Trinajstić information content (AvgIpc) is 3.38. The van der Waals surface area contributed by atoms with E-state index in [-0.39, 0.29) is 12.5 Å². The Labute approximate surface area is 157 Å². The summed E-state index contributed by atoms with van der Waals surface area (Å²) in [6.07, 6.45) is 5.53. The van der Waals surface area contributed by atoms with Gasteiger partial charge in [-0.3, -0.25) is 4.79 Å². The molecule has 0 spiro atoms.